The molecule has 0 radical (unpaired) electrons. The van der Waals surface area contributed by atoms with Crippen LogP contribution in [0.15, 0.2) is 30.3 Å². The van der Waals surface area contributed by atoms with Crippen molar-refractivity contribution in [3.8, 4) is 0 Å². The first-order valence-electron chi connectivity index (χ1n) is 9.29. The lowest BCUT2D eigenvalue weighted by Gasteiger charge is -2.60. The maximum absolute atomic E-state index is 13.1. The number of carbonyl (C=O) groups excluding carboxylic acids is 1. The van der Waals surface area contributed by atoms with Gasteiger partial charge in [-0.1, -0.05) is 45.7 Å². The molecule has 13 heteroatoms. The maximum Gasteiger partial charge on any atom is 0.366 e. The van der Waals surface area contributed by atoms with Gasteiger partial charge in [-0.3, -0.25) is 4.79 Å². The molecular formula is C19H22BrClN2O9. The number of nitrogens with one attached hydrogen (secondary N) is 1. The van der Waals surface area contributed by atoms with Gasteiger partial charge in [-0.05, 0) is 24.4 Å². The van der Waals surface area contributed by atoms with E-state index in [2.05, 4.69) is 20.9 Å². The quantitative estimate of drug-likeness (QED) is 0.164. The Morgan fingerprint density at radius 3 is 2.41 bits per heavy atom. The van der Waals surface area contributed by atoms with Crippen molar-refractivity contribution < 1.29 is 45.0 Å². The van der Waals surface area contributed by atoms with Crippen LogP contribution in [0.3, 0.4) is 0 Å². The van der Waals surface area contributed by atoms with E-state index >= 15 is 0 Å². The van der Waals surface area contributed by atoms with Crippen LogP contribution in [-0.4, -0.2) is 87.6 Å². The number of alkyl halides is 2. The lowest BCUT2D eigenvalue weighted by molar-refractivity contribution is -0.332. The summed E-state index contributed by atoms with van der Waals surface area (Å²) >= 11 is 9.36. The van der Waals surface area contributed by atoms with Crippen molar-refractivity contribution in [2.45, 2.75) is 45.9 Å². The summed E-state index contributed by atoms with van der Waals surface area (Å²) in [5.74, 6) is -6.87. The zero-order valence-corrected chi connectivity index (χ0v) is 18.9. The number of aromatic nitrogens is 1. The number of fused-ring (bicyclic) bond motifs is 1. The van der Waals surface area contributed by atoms with Crippen LogP contribution >= 0.6 is 27.5 Å². The molecule has 1 aromatic carbocycles. The number of ether oxygens (including phenoxy) is 1. The molecule has 3 rings (SSSR count). The number of ketones is 1. The predicted octanol–water partition coefficient (Wildman–Crippen LogP) is -1.14. The Hall–Kier alpha value is -1.61. The monoisotopic (exact) mass is 536 g/mol. The second-order valence-corrected chi connectivity index (χ2v) is 9.55. The number of para-hydroxylation sites is 1. The summed E-state index contributed by atoms with van der Waals surface area (Å²) in [6, 6.07) is 7.82. The molecule has 0 bridgehead atoms. The Morgan fingerprint density at radius 1 is 1.31 bits per heavy atom. The maximum atomic E-state index is 13.1. The van der Waals surface area contributed by atoms with Gasteiger partial charge in [0, 0.05) is 11.2 Å². The number of aliphatic hydroxyl groups is 5. The van der Waals surface area contributed by atoms with Crippen LogP contribution in [0, 0.1) is 0 Å². The van der Waals surface area contributed by atoms with Gasteiger partial charge in [0.05, 0.1) is 6.61 Å². The Kier molecular flexibility index (Phi) is 6.26. The fourth-order valence-electron chi connectivity index (χ4n) is 4.20. The standard InChI is InChI=1S/C19H22BrClN2O9/c1-8(25)16(12-6-9-4-2-3-5-10(9)23-12)18(30,15(28)29)32-14(13(27)11(26)7-24)17(20,22)19(16,21)31/h2-6,11,13-14,23-24,26-27,30-31H,7,22H2,1H3,(H,28,29)/t11-,13-,14+,16?,17+,18?,19+/m1/s1. The third-order valence-electron chi connectivity index (χ3n) is 5.87. The van der Waals surface area contributed by atoms with E-state index in [0.717, 1.165) is 6.92 Å². The van der Waals surface area contributed by atoms with E-state index in [-0.39, 0.29) is 5.69 Å². The number of Topliss-reactive ketones (excluding diaryl/α,β-unsaturated/α-hetero) is 1. The van der Waals surface area contributed by atoms with Crippen LogP contribution in [-0.2, 0) is 19.7 Å². The normalized spacial score (nSPS) is 37.2. The van der Waals surface area contributed by atoms with Crippen LogP contribution in [0.4, 0.5) is 0 Å². The Balaban J connectivity index is 2.39. The summed E-state index contributed by atoms with van der Waals surface area (Å²) in [6.45, 7) is -0.130. The molecule has 7 atom stereocenters. The second kappa shape index (κ2) is 8.01. The molecule has 9 N–H and O–H groups in total. The van der Waals surface area contributed by atoms with E-state index in [1.165, 1.54) is 6.07 Å². The van der Waals surface area contributed by atoms with Crippen molar-refractivity contribution >= 4 is 50.2 Å². The molecule has 32 heavy (non-hydrogen) atoms. The Morgan fingerprint density at radius 2 is 1.91 bits per heavy atom. The minimum absolute atomic E-state index is 0.335. The number of benzene rings is 1. The van der Waals surface area contributed by atoms with Crippen LogP contribution in [0.5, 0.6) is 0 Å². The summed E-state index contributed by atoms with van der Waals surface area (Å²) < 4.78 is 2.74. The van der Waals surface area contributed by atoms with Crippen molar-refractivity contribution in [2.24, 2.45) is 5.73 Å². The first-order chi connectivity index (χ1) is 14.7. The van der Waals surface area contributed by atoms with Crippen LogP contribution in [0.2, 0.25) is 0 Å². The largest absolute Gasteiger partial charge is 0.477 e. The molecule has 1 saturated heterocycles. The average molecular weight is 538 g/mol. The molecule has 0 spiro atoms. The van der Waals surface area contributed by atoms with Crippen molar-refractivity contribution in [3.63, 3.8) is 0 Å². The lowest BCUT2D eigenvalue weighted by Crippen LogP contribution is -2.86. The van der Waals surface area contributed by atoms with E-state index in [9.17, 15) is 35.1 Å². The van der Waals surface area contributed by atoms with Gasteiger partial charge in [0.2, 0.25) is 0 Å². The molecule has 1 aliphatic rings. The van der Waals surface area contributed by atoms with Crippen LogP contribution in [0.25, 0.3) is 10.9 Å². The molecule has 1 aromatic heterocycles. The molecule has 1 aliphatic heterocycles. The number of carboxylic acid groups (broad SMARTS) is 1. The zero-order chi connectivity index (χ0) is 24.3. The molecule has 0 amide bonds. The van der Waals surface area contributed by atoms with Crippen LogP contribution in [0.1, 0.15) is 12.6 Å². The number of rotatable bonds is 6. The number of carboxylic acids is 1. The molecule has 2 aromatic rings. The minimum atomic E-state index is -3.59. The molecule has 11 nitrogen and oxygen atoms in total. The van der Waals surface area contributed by atoms with Gasteiger partial charge < -0.3 is 46.1 Å². The first kappa shape index (κ1) is 25.0. The van der Waals surface area contributed by atoms with Gasteiger partial charge in [-0.25, -0.2) is 4.79 Å². The molecule has 2 unspecified atom stereocenters. The number of carbonyl (C=O) groups is 2. The van der Waals surface area contributed by atoms with Gasteiger partial charge in [0.1, 0.15) is 22.8 Å². The summed E-state index contributed by atoms with van der Waals surface area (Å²) in [7, 11) is 0. The second-order valence-electron chi connectivity index (χ2n) is 7.69. The third-order valence-corrected chi connectivity index (χ3v) is 7.72. The smallest absolute Gasteiger partial charge is 0.366 e. The zero-order valence-electron chi connectivity index (χ0n) is 16.6. The van der Waals surface area contributed by atoms with Gasteiger partial charge in [0.15, 0.2) is 16.3 Å². The summed E-state index contributed by atoms with van der Waals surface area (Å²) in [5, 5.41) is 59.5. The SMILES string of the molecule is CC(=O)C1(c2cc3ccccc3[nH]2)C(O)(C(=O)O)O[C@@H]([C@H](O)[C@H](O)CO)[C@@](N)(Br)[C@]1(O)Cl. The molecule has 2 heterocycles. The summed E-state index contributed by atoms with van der Waals surface area (Å²) in [5.41, 5.74) is 3.26. The number of halogens is 2. The van der Waals surface area contributed by atoms with E-state index in [1.807, 2.05) is 0 Å². The number of aliphatic carboxylic acids is 1. The molecule has 0 aliphatic carbocycles. The number of hydrogen-bond donors (Lipinski definition) is 8. The van der Waals surface area contributed by atoms with Gasteiger partial charge in [-0.2, -0.15) is 0 Å². The van der Waals surface area contributed by atoms with Gasteiger partial charge >= 0.3 is 5.97 Å². The van der Waals surface area contributed by atoms with E-state index in [0.29, 0.717) is 10.9 Å². The van der Waals surface area contributed by atoms with E-state index in [1.54, 1.807) is 24.3 Å². The van der Waals surface area contributed by atoms with E-state index < -0.39 is 57.4 Å². The highest BCUT2D eigenvalue weighted by atomic mass is 79.9. The third kappa shape index (κ3) is 3.06. The van der Waals surface area contributed by atoms with Crippen molar-refractivity contribution in [2.75, 3.05) is 6.61 Å². The number of aromatic amines is 1. The number of H-pyrrole nitrogens is 1. The minimum Gasteiger partial charge on any atom is -0.477 e. The van der Waals surface area contributed by atoms with Crippen molar-refractivity contribution in [1.82, 2.24) is 4.98 Å². The summed E-state index contributed by atoms with van der Waals surface area (Å²) in [4.78, 5) is 28.2. The highest BCUT2D eigenvalue weighted by Gasteiger charge is 2.82. The highest BCUT2D eigenvalue weighted by Crippen LogP contribution is 2.59. The Labute approximate surface area is 194 Å². The first-order valence-corrected chi connectivity index (χ1v) is 10.5. The molecule has 0 saturated carbocycles. The van der Waals surface area contributed by atoms with Crippen molar-refractivity contribution in [1.29, 1.82) is 0 Å². The van der Waals surface area contributed by atoms with E-state index in [4.69, 9.17) is 27.2 Å². The van der Waals surface area contributed by atoms with Gasteiger partial charge in [-0.15, -0.1) is 0 Å². The topological polar surface area (TPSA) is 207 Å². The predicted molar refractivity (Wildman–Crippen MR) is 114 cm³/mol. The summed E-state index contributed by atoms with van der Waals surface area (Å²) in [6.07, 6.45) is -6.19. The molecule has 176 valence electrons. The number of aliphatic hydroxyl groups excluding tert-OH is 3. The molecule has 1 fully saturated rings. The number of hydrogen-bond acceptors (Lipinski definition) is 9. The average Bonchev–Trinajstić information content (AvgIpc) is 3.13. The molecular weight excluding hydrogens is 516 g/mol. The fourth-order valence-corrected chi connectivity index (χ4v) is 5.33. The lowest BCUT2D eigenvalue weighted by atomic mass is 9.63. The fraction of sp³-hybridized carbons (Fsp3) is 0.474. The number of nitrogens with two attached hydrogens (primary N) is 1. The van der Waals surface area contributed by atoms with Crippen LogP contribution < -0.4 is 5.73 Å². The van der Waals surface area contributed by atoms with Gasteiger partial charge in [0.25, 0.3) is 5.79 Å². The van der Waals surface area contributed by atoms with Crippen molar-refractivity contribution in [3.05, 3.63) is 36.0 Å². The highest BCUT2D eigenvalue weighted by molar-refractivity contribution is 9.10. The Bertz CT molecular complexity index is 1030.